The van der Waals surface area contributed by atoms with Gasteiger partial charge >= 0.3 is 0 Å². The summed E-state index contributed by atoms with van der Waals surface area (Å²) in [4.78, 5) is 0. The van der Waals surface area contributed by atoms with Gasteiger partial charge in [-0.25, -0.2) is 0 Å². The summed E-state index contributed by atoms with van der Waals surface area (Å²) in [6.45, 7) is 32.0. The molecule has 0 atom stereocenters. The Morgan fingerprint density at radius 1 is 0.132 bits per heavy atom. The summed E-state index contributed by atoms with van der Waals surface area (Å²) in [7, 11) is 0. The summed E-state index contributed by atoms with van der Waals surface area (Å²) in [5.41, 5.74) is 37.2. The molecule has 0 saturated heterocycles. The Bertz CT molecular complexity index is 8200. The van der Waals surface area contributed by atoms with Crippen molar-refractivity contribution in [1.82, 2.24) is 18.3 Å². The molecule has 136 heavy (non-hydrogen) atoms. The second-order valence-corrected chi connectivity index (χ2v) is 32.8. The van der Waals surface area contributed by atoms with E-state index in [4.69, 9.17) is 0 Å². The molecule has 4 aromatic heterocycles. The lowest BCUT2D eigenvalue weighted by Crippen LogP contribution is -2.03. The average molecular weight is 1770 g/mol. The predicted octanol–water partition coefficient (Wildman–Crippen LogP) is 38.2. The van der Waals surface area contributed by atoms with Gasteiger partial charge in [-0.05, 0) is 255 Å². The second kappa shape index (κ2) is 41.8. The molecule has 0 N–H and O–H groups in total. The Balaban J connectivity index is 0.000000120. The molecule has 4 aliphatic carbocycles. The number of hydrogen-bond acceptors (Lipinski definition) is 0. The summed E-state index contributed by atoms with van der Waals surface area (Å²) in [5, 5.41) is 21.4. The van der Waals surface area contributed by atoms with E-state index in [-0.39, 0.29) is 0 Å². The average Bonchev–Trinajstić information content (AvgIpc) is 1.46. The Labute approximate surface area is 803 Å². The Morgan fingerprint density at radius 2 is 0.353 bits per heavy atom. The molecule has 0 radical (unpaired) electrons. The topological polar surface area (TPSA) is 19.7 Å². The summed E-state index contributed by atoms with van der Waals surface area (Å²) >= 11 is 0. The first-order valence-corrected chi connectivity index (χ1v) is 50.0. The summed E-state index contributed by atoms with van der Waals surface area (Å²) in [6.07, 6.45) is 3.97. The molecular formula is C132H124N4. The van der Waals surface area contributed by atoms with Gasteiger partial charge in [0, 0.05) is 65.8 Å². The third-order valence-electron chi connectivity index (χ3n) is 26.3. The van der Waals surface area contributed by atoms with Crippen molar-refractivity contribution in [2.75, 3.05) is 0 Å². The van der Waals surface area contributed by atoms with Crippen LogP contribution in [0, 0.1) is 0 Å². The van der Waals surface area contributed by atoms with Crippen molar-refractivity contribution in [3.8, 4) is 67.3 Å². The van der Waals surface area contributed by atoms with Crippen molar-refractivity contribution < 1.29 is 0 Å². The zero-order valence-electron chi connectivity index (χ0n) is 81.9. The molecule has 4 heterocycles. The highest BCUT2D eigenvalue weighted by Crippen LogP contribution is 2.48. The molecule has 4 nitrogen and oxygen atoms in total. The molecule has 672 valence electrons. The van der Waals surface area contributed by atoms with E-state index in [1.807, 2.05) is 111 Å². The van der Waals surface area contributed by atoms with Gasteiger partial charge in [0.25, 0.3) is 0 Å². The largest absolute Gasteiger partial charge is 0.309 e. The van der Waals surface area contributed by atoms with Gasteiger partial charge < -0.3 is 18.3 Å². The van der Waals surface area contributed by atoms with Crippen molar-refractivity contribution in [2.45, 2.75) is 136 Å². The van der Waals surface area contributed by atoms with Crippen LogP contribution in [0.4, 0.5) is 0 Å². The number of fused-ring (bicyclic) bond motifs is 20. The van der Waals surface area contributed by atoms with Gasteiger partial charge in [-0.2, -0.15) is 0 Å². The number of nitrogens with zero attached hydrogens (tertiary/aromatic N) is 4. The van der Waals surface area contributed by atoms with Crippen LogP contribution < -0.4 is 0 Å². The van der Waals surface area contributed by atoms with Gasteiger partial charge in [0.05, 0.1) is 44.1 Å². The number of rotatable bonds is 4. The SMILES string of the molecule is CC.CC.CC.CC.CC.CC.CC.CC.c1cc2c3c(cccc3c1)-c1cc(-n3c4ccccc4c4ccccc43)ccc1C2.c1cc2c3c(cccc3c1)-c1ccc(-n3c4ccccc4c4ccccc43)cc1C2.c1ccc2c(c1)Cc1cc(-n3c4ccccc4c4ccccc43)cc3cccc-2c13.c1ccc2c(c1)Cc1cccc3cc(-n4c5ccccc5c5ccccc54)cc-2c13. The quantitative estimate of drug-likeness (QED) is 0.167. The molecule has 0 aliphatic heterocycles. The molecule has 20 aromatic carbocycles. The lowest BCUT2D eigenvalue weighted by molar-refractivity contribution is 1.14. The van der Waals surface area contributed by atoms with E-state index < -0.39 is 0 Å². The second-order valence-electron chi connectivity index (χ2n) is 32.8. The molecule has 24 aromatic rings. The highest BCUT2D eigenvalue weighted by atomic mass is 15.0. The molecule has 0 amide bonds. The van der Waals surface area contributed by atoms with Crippen LogP contribution in [-0.2, 0) is 25.7 Å². The van der Waals surface area contributed by atoms with Gasteiger partial charge in [0.2, 0.25) is 0 Å². The molecular weight excluding hydrogens is 1640 g/mol. The molecule has 4 aliphatic rings. The van der Waals surface area contributed by atoms with E-state index in [0.29, 0.717) is 0 Å². The molecule has 0 spiro atoms. The van der Waals surface area contributed by atoms with Crippen LogP contribution in [-0.4, -0.2) is 18.3 Å². The van der Waals surface area contributed by atoms with Gasteiger partial charge in [0.1, 0.15) is 0 Å². The molecule has 0 unspecified atom stereocenters. The minimum atomic E-state index is 0.981. The smallest absolute Gasteiger partial charge is 0.0541 e. The zero-order chi connectivity index (χ0) is 94.6. The molecule has 0 fully saturated rings. The van der Waals surface area contributed by atoms with Crippen LogP contribution in [0.15, 0.2) is 413 Å². The third kappa shape index (κ3) is 16.4. The van der Waals surface area contributed by atoms with E-state index in [2.05, 4.69) is 431 Å². The highest BCUT2D eigenvalue weighted by Gasteiger charge is 2.27. The number of aromatic nitrogens is 4. The molecule has 4 heteroatoms. The first kappa shape index (κ1) is 92.5. The number of hydrogen-bond donors (Lipinski definition) is 0. The molecule has 0 saturated carbocycles. The normalized spacial score (nSPS) is 11.4. The standard InChI is InChI=1S/4C29H19N.8C2H6/c1-3-13-27-23(10-1)24-11-2-4-14-28(24)30(27)22-16-15-20-17-21-9-5-7-19-8-6-12-25(29(19)21)26(20)18-22;1-3-13-27-24(10-1)25-11-2-4-14-28(25)30(27)22-15-16-23-21(18-22)17-20-9-5-7-19-8-6-12-26(23)29(19)20;1-2-11-23-19(8-1)16-20-9-7-10-21-17-22(18-26(23)29(20)21)30-27-14-5-3-12-24(27)25-13-4-6-15-28(25)30;1-2-10-23-19(8-1)16-21-18-22(17-20-9-7-13-26(23)29(20)21)30-27-14-5-3-11-24(27)25-12-4-6-15-28(25)30;8*1-2/h2*1-16,18H,17H2;2*1-15,17-18H,16H2;8*1-2H3. The van der Waals surface area contributed by atoms with Crippen LogP contribution >= 0.6 is 0 Å². The number of para-hydroxylation sites is 8. The minimum absolute atomic E-state index is 0.981. The van der Waals surface area contributed by atoms with Crippen LogP contribution in [0.1, 0.15) is 155 Å². The van der Waals surface area contributed by atoms with Gasteiger partial charge in [-0.15, -0.1) is 0 Å². The first-order valence-electron chi connectivity index (χ1n) is 50.0. The Kier molecular flexibility index (Phi) is 28.4. The van der Waals surface area contributed by atoms with Crippen molar-refractivity contribution in [2.24, 2.45) is 0 Å². The maximum Gasteiger partial charge on any atom is 0.0541 e. The first-order chi connectivity index (χ1) is 67.5. The zero-order valence-corrected chi connectivity index (χ0v) is 81.9. The van der Waals surface area contributed by atoms with Crippen molar-refractivity contribution in [3.05, 3.63) is 457 Å². The van der Waals surface area contributed by atoms with E-state index in [9.17, 15) is 0 Å². The van der Waals surface area contributed by atoms with E-state index in [1.54, 1.807) is 0 Å². The monoisotopic (exact) mass is 1760 g/mol. The fourth-order valence-corrected chi connectivity index (χ4v) is 21.3. The molecule has 0 bridgehead atoms. The van der Waals surface area contributed by atoms with Crippen molar-refractivity contribution >= 4 is 130 Å². The van der Waals surface area contributed by atoms with Crippen LogP contribution in [0.5, 0.6) is 0 Å². The lowest BCUT2D eigenvalue weighted by Gasteiger charge is -2.22. The Hall–Kier alpha value is -15.4. The van der Waals surface area contributed by atoms with Gasteiger partial charge in [-0.3, -0.25) is 0 Å². The van der Waals surface area contributed by atoms with E-state index in [1.165, 1.54) is 242 Å². The lowest BCUT2D eigenvalue weighted by atomic mass is 9.83. The van der Waals surface area contributed by atoms with Crippen LogP contribution in [0.2, 0.25) is 0 Å². The Morgan fingerprint density at radius 3 is 0.728 bits per heavy atom. The maximum atomic E-state index is 2.42. The maximum absolute atomic E-state index is 2.42. The van der Waals surface area contributed by atoms with E-state index in [0.717, 1.165) is 25.7 Å². The fourth-order valence-electron chi connectivity index (χ4n) is 21.3. The fraction of sp³-hybridized carbons (Fsp3) is 0.152. The van der Waals surface area contributed by atoms with Crippen LogP contribution in [0.25, 0.3) is 198 Å². The van der Waals surface area contributed by atoms with Gasteiger partial charge in [0.15, 0.2) is 0 Å². The van der Waals surface area contributed by atoms with E-state index >= 15 is 0 Å². The van der Waals surface area contributed by atoms with Crippen LogP contribution in [0.3, 0.4) is 0 Å². The van der Waals surface area contributed by atoms with Gasteiger partial charge in [-0.1, -0.05) is 426 Å². The van der Waals surface area contributed by atoms with Crippen molar-refractivity contribution in [3.63, 3.8) is 0 Å². The summed E-state index contributed by atoms with van der Waals surface area (Å²) in [6, 6.07) is 151. The number of benzene rings is 20. The molecule has 28 rings (SSSR count). The predicted molar refractivity (Wildman–Crippen MR) is 597 cm³/mol. The third-order valence-corrected chi connectivity index (χ3v) is 26.3. The minimum Gasteiger partial charge on any atom is -0.309 e. The highest BCUT2D eigenvalue weighted by molar-refractivity contribution is 6.15. The summed E-state index contributed by atoms with van der Waals surface area (Å²) < 4.78 is 9.66. The summed E-state index contributed by atoms with van der Waals surface area (Å²) in [5.74, 6) is 0. The van der Waals surface area contributed by atoms with Crippen molar-refractivity contribution in [1.29, 1.82) is 0 Å².